The number of nitrogens with zero attached hydrogens (tertiary/aromatic N) is 2. The van der Waals surface area contributed by atoms with E-state index in [1.807, 2.05) is 5.38 Å². The zero-order valence-electron chi connectivity index (χ0n) is 12.5. The van der Waals surface area contributed by atoms with Crippen molar-refractivity contribution in [1.82, 2.24) is 15.2 Å². The van der Waals surface area contributed by atoms with Crippen molar-refractivity contribution in [2.24, 2.45) is 5.92 Å². The minimum absolute atomic E-state index is 0.0217. The van der Waals surface area contributed by atoms with Gasteiger partial charge in [0.2, 0.25) is 11.8 Å². The molecule has 120 valence electrons. The predicted octanol–water partition coefficient (Wildman–Crippen LogP) is 1.89. The number of nitrogens with one attached hydrogen (secondary N) is 1. The van der Waals surface area contributed by atoms with Crippen molar-refractivity contribution >= 4 is 34.9 Å². The lowest BCUT2D eigenvalue weighted by atomic mass is 10.1. The van der Waals surface area contributed by atoms with Gasteiger partial charge in [-0.05, 0) is 12.8 Å². The zero-order valence-corrected chi connectivity index (χ0v) is 14.1. The smallest absolute Gasteiger partial charge is 0.243 e. The summed E-state index contributed by atoms with van der Waals surface area (Å²) in [6.07, 6.45) is 4.99. The molecular weight excluding hydrogens is 318 g/mol. The first-order valence-corrected chi connectivity index (χ1v) is 9.88. The average Bonchev–Trinajstić information content (AvgIpc) is 3.26. The topological polar surface area (TPSA) is 62.3 Å². The van der Waals surface area contributed by atoms with Crippen LogP contribution in [0, 0.1) is 5.92 Å². The number of carbonyl (C=O) groups is 2. The second-order valence-electron chi connectivity index (χ2n) is 5.83. The van der Waals surface area contributed by atoms with Crippen molar-refractivity contribution in [3.63, 3.8) is 0 Å². The van der Waals surface area contributed by atoms with Crippen LogP contribution in [0.2, 0.25) is 0 Å². The fourth-order valence-corrected chi connectivity index (χ4v) is 4.83. The molecule has 2 aliphatic rings. The monoisotopic (exact) mass is 339 g/mol. The number of rotatable bonds is 5. The minimum atomic E-state index is -0.298. The van der Waals surface area contributed by atoms with Crippen molar-refractivity contribution in [2.75, 3.05) is 18.2 Å². The van der Waals surface area contributed by atoms with Gasteiger partial charge in [-0.15, -0.1) is 23.1 Å². The Hall–Kier alpha value is -1.08. The Balaban J connectivity index is 1.50. The Bertz CT molecular complexity index is 515. The highest BCUT2D eigenvalue weighted by atomic mass is 32.2. The summed E-state index contributed by atoms with van der Waals surface area (Å²) in [6.45, 7) is 0.579. The van der Waals surface area contributed by atoms with E-state index in [2.05, 4.69) is 10.3 Å². The van der Waals surface area contributed by atoms with Crippen molar-refractivity contribution in [3.05, 3.63) is 16.6 Å². The van der Waals surface area contributed by atoms with Gasteiger partial charge in [0.05, 0.1) is 17.1 Å². The number of hydrogen-bond acceptors (Lipinski definition) is 5. The lowest BCUT2D eigenvalue weighted by molar-refractivity contribution is -0.141. The third-order valence-electron chi connectivity index (χ3n) is 4.34. The van der Waals surface area contributed by atoms with Gasteiger partial charge in [-0.25, -0.2) is 4.98 Å². The van der Waals surface area contributed by atoms with Crippen LogP contribution in [0.1, 0.15) is 31.4 Å². The number of amides is 2. The van der Waals surface area contributed by atoms with Gasteiger partial charge in [0.25, 0.3) is 0 Å². The normalized spacial score (nSPS) is 22.2. The molecule has 2 fully saturated rings. The highest BCUT2D eigenvalue weighted by Gasteiger charge is 2.38. The van der Waals surface area contributed by atoms with Gasteiger partial charge < -0.3 is 10.2 Å². The fourth-order valence-electron chi connectivity index (χ4n) is 3.08. The highest BCUT2D eigenvalue weighted by molar-refractivity contribution is 7.99. The summed E-state index contributed by atoms with van der Waals surface area (Å²) in [5, 5.41) is 4.95. The Morgan fingerprint density at radius 3 is 2.91 bits per heavy atom. The van der Waals surface area contributed by atoms with E-state index in [9.17, 15) is 9.59 Å². The molecule has 7 heteroatoms. The molecule has 1 saturated heterocycles. The SMILES string of the molecule is O=C(NCCc1cscn1)[C@H]1CSCN1C(=O)C1CCCC1. The first kappa shape index (κ1) is 15.8. The molecule has 1 aromatic rings. The molecule has 0 unspecified atom stereocenters. The molecule has 0 radical (unpaired) electrons. The molecule has 2 amide bonds. The molecule has 1 atom stereocenters. The summed E-state index contributed by atoms with van der Waals surface area (Å²) in [4.78, 5) is 30.9. The van der Waals surface area contributed by atoms with E-state index in [4.69, 9.17) is 0 Å². The van der Waals surface area contributed by atoms with Crippen LogP contribution < -0.4 is 5.32 Å². The Morgan fingerprint density at radius 1 is 1.36 bits per heavy atom. The van der Waals surface area contributed by atoms with Gasteiger partial charge >= 0.3 is 0 Å². The van der Waals surface area contributed by atoms with Crippen molar-refractivity contribution in [2.45, 2.75) is 38.1 Å². The molecule has 1 aliphatic heterocycles. The number of thioether (sulfide) groups is 1. The second kappa shape index (κ2) is 7.46. The molecule has 22 heavy (non-hydrogen) atoms. The maximum Gasteiger partial charge on any atom is 0.243 e. The van der Waals surface area contributed by atoms with Crippen molar-refractivity contribution in [1.29, 1.82) is 0 Å². The molecule has 0 spiro atoms. The minimum Gasteiger partial charge on any atom is -0.354 e. The van der Waals surface area contributed by atoms with E-state index in [1.54, 1.807) is 33.5 Å². The van der Waals surface area contributed by atoms with Gasteiger partial charge in [-0.2, -0.15) is 0 Å². The quantitative estimate of drug-likeness (QED) is 0.890. The summed E-state index contributed by atoms with van der Waals surface area (Å²) in [5.74, 6) is 1.67. The van der Waals surface area contributed by atoms with Crippen LogP contribution in [0.3, 0.4) is 0 Å². The van der Waals surface area contributed by atoms with Gasteiger partial charge in [0.1, 0.15) is 6.04 Å². The van der Waals surface area contributed by atoms with E-state index in [0.717, 1.165) is 37.8 Å². The number of aromatic nitrogens is 1. The highest BCUT2D eigenvalue weighted by Crippen LogP contribution is 2.30. The summed E-state index contributed by atoms with van der Waals surface area (Å²) in [7, 11) is 0. The molecule has 3 rings (SSSR count). The molecule has 1 aliphatic carbocycles. The Labute approximate surface area is 138 Å². The molecule has 5 nitrogen and oxygen atoms in total. The molecule has 1 N–H and O–H groups in total. The molecular formula is C15H21N3O2S2. The lowest BCUT2D eigenvalue weighted by Gasteiger charge is -2.25. The van der Waals surface area contributed by atoms with Crippen LogP contribution in [-0.4, -0.2) is 45.9 Å². The summed E-state index contributed by atoms with van der Waals surface area (Å²) >= 11 is 3.23. The third kappa shape index (κ3) is 3.63. The van der Waals surface area contributed by atoms with E-state index in [0.29, 0.717) is 18.2 Å². The first-order chi connectivity index (χ1) is 10.8. The predicted molar refractivity (Wildman–Crippen MR) is 88.7 cm³/mol. The van der Waals surface area contributed by atoms with Crippen LogP contribution in [0.4, 0.5) is 0 Å². The van der Waals surface area contributed by atoms with Crippen LogP contribution in [0.15, 0.2) is 10.9 Å². The summed E-state index contributed by atoms with van der Waals surface area (Å²) < 4.78 is 0. The second-order valence-corrected chi connectivity index (χ2v) is 7.54. The first-order valence-electron chi connectivity index (χ1n) is 7.78. The van der Waals surface area contributed by atoms with Crippen LogP contribution >= 0.6 is 23.1 Å². The van der Waals surface area contributed by atoms with Crippen LogP contribution in [0.5, 0.6) is 0 Å². The molecule has 1 saturated carbocycles. The maximum absolute atomic E-state index is 12.5. The Morgan fingerprint density at radius 2 is 2.18 bits per heavy atom. The van der Waals surface area contributed by atoms with Crippen LogP contribution in [-0.2, 0) is 16.0 Å². The lowest BCUT2D eigenvalue weighted by Crippen LogP contribution is -2.49. The molecule has 0 aromatic carbocycles. The van der Waals surface area contributed by atoms with Crippen molar-refractivity contribution in [3.8, 4) is 0 Å². The number of thiazole rings is 1. The summed E-state index contributed by atoms with van der Waals surface area (Å²) in [5.41, 5.74) is 2.80. The van der Waals surface area contributed by atoms with Gasteiger partial charge in [-0.1, -0.05) is 12.8 Å². The number of carbonyl (C=O) groups excluding carboxylic acids is 2. The van der Waals surface area contributed by atoms with E-state index in [-0.39, 0.29) is 23.8 Å². The maximum atomic E-state index is 12.5. The van der Waals surface area contributed by atoms with Gasteiger partial charge in [0, 0.05) is 30.0 Å². The van der Waals surface area contributed by atoms with Gasteiger partial charge in [-0.3, -0.25) is 9.59 Å². The zero-order chi connectivity index (χ0) is 15.4. The largest absolute Gasteiger partial charge is 0.354 e. The summed E-state index contributed by atoms with van der Waals surface area (Å²) in [6, 6.07) is -0.298. The van der Waals surface area contributed by atoms with Gasteiger partial charge in [0.15, 0.2) is 0 Å². The third-order valence-corrected chi connectivity index (χ3v) is 5.98. The molecule has 2 heterocycles. The Kier molecular flexibility index (Phi) is 5.36. The standard InChI is InChI=1S/C15H21N3O2S2/c19-14(16-6-5-12-7-21-9-17-12)13-8-22-10-18(13)15(20)11-3-1-2-4-11/h7,9,11,13H,1-6,8,10H2,(H,16,19)/t13-/m1/s1. The number of hydrogen-bond donors (Lipinski definition) is 1. The van der Waals surface area contributed by atoms with E-state index < -0.39 is 0 Å². The molecule has 1 aromatic heterocycles. The molecule has 0 bridgehead atoms. The average molecular weight is 339 g/mol. The van der Waals surface area contributed by atoms with Crippen LogP contribution in [0.25, 0.3) is 0 Å². The van der Waals surface area contributed by atoms with E-state index >= 15 is 0 Å². The van der Waals surface area contributed by atoms with E-state index in [1.165, 1.54) is 0 Å². The van der Waals surface area contributed by atoms with Crippen molar-refractivity contribution < 1.29 is 9.59 Å². The fraction of sp³-hybridized carbons (Fsp3) is 0.667.